The van der Waals surface area contributed by atoms with Crippen molar-refractivity contribution in [3.8, 4) is 5.75 Å². The Morgan fingerprint density at radius 2 is 1.91 bits per heavy atom. The minimum atomic E-state index is -4.99. The zero-order valence-corrected chi connectivity index (χ0v) is 17.7. The minimum absolute atomic E-state index is 0.00120. The van der Waals surface area contributed by atoms with E-state index >= 15 is 0 Å². The number of phenols is 1. The third-order valence-electron chi connectivity index (χ3n) is 6.23. The first kappa shape index (κ1) is 22.3. The largest absolute Gasteiger partial charge is 0.505 e. The standard InChI is InChI=1S/C23H23F4N3O2/c1-11(2)14-9-22(32,23(25,26)27)21(13-7-8-16(24)20(31)19(13)14)30-18-6-4-5-17-15(18)10-28-12(3)29-17/h4-8,10-11,14,21,30-32H,9H2,1-3H3/t14?,21-,22+/m0/s1. The number of alkyl halides is 3. The van der Waals surface area contributed by atoms with E-state index in [0.717, 1.165) is 6.07 Å². The number of fused-ring (bicyclic) bond motifs is 2. The van der Waals surface area contributed by atoms with Gasteiger partial charge in [0.1, 0.15) is 5.82 Å². The van der Waals surface area contributed by atoms with Crippen LogP contribution in [-0.4, -0.2) is 32.0 Å². The van der Waals surface area contributed by atoms with Crippen LogP contribution >= 0.6 is 0 Å². The molecule has 0 spiro atoms. The molecule has 1 aromatic heterocycles. The van der Waals surface area contributed by atoms with Crippen LogP contribution < -0.4 is 5.32 Å². The summed E-state index contributed by atoms with van der Waals surface area (Å²) in [6, 6.07) is 5.32. The lowest BCUT2D eigenvalue weighted by Crippen LogP contribution is -2.56. The number of aliphatic hydroxyl groups is 1. The Balaban J connectivity index is 1.94. The molecule has 0 radical (unpaired) electrons. The number of phenolic OH excluding ortho intramolecular Hbond substituents is 1. The maximum atomic E-state index is 14.3. The Labute approximate surface area is 182 Å². The lowest BCUT2D eigenvalue weighted by molar-refractivity contribution is -0.273. The Bertz CT molecular complexity index is 1180. The van der Waals surface area contributed by atoms with E-state index in [1.807, 2.05) is 0 Å². The number of nitrogens with one attached hydrogen (secondary N) is 1. The summed E-state index contributed by atoms with van der Waals surface area (Å²) < 4.78 is 57.1. The number of benzene rings is 2. The molecule has 0 saturated carbocycles. The molecule has 2 aromatic carbocycles. The quantitative estimate of drug-likeness (QED) is 0.469. The number of nitrogens with zero attached hydrogens (tertiary/aromatic N) is 2. The van der Waals surface area contributed by atoms with Crippen LogP contribution in [0.2, 0.25) is 0 Å². The van der Waals surface area contributed by atoms with Gasteiger partial charge in [-0.2, -0.15) is 13.2 Å². The first-order chi connectivity index (χ1) is 14.9. The summed E-state index contributed by atoms with van der Waals surface area (Å²) >= 11 is 0. The third kappa shape index (κ3) is 3.44. The minimum Gasteiger partial charge on any atom is -0.505 e. The van der Waals surface area contributed by atoms with Crippen LogP contribution in [0.3, 0.4) is 0 Å². The second kappa shape index (κ2) is 7.58. The van der Waals surface area contributed by atoms with Gasteiger partial charge in [-0.25, -0.2) is 14.4 Å². The highest BCUT2D eigenvalue weighted by atomic mass is 19.4. The summed E-state index contributed by atoms with van der Waals surface area (Å²) in [5, 5.41) is 24.8. The SMILES string of the molecule is Cc1ncc2c(N[C@H]3c4ccc(F)c(O)c4C(C(C)C)C[C@]3(O)C(F)(F)F)cccc2n1. The molecule has 1 aliphatic rings. The Hall–Kier alpha value is -2.94. The van der Waals surface area contributed by atoms with Crippen molar-refractivity contribution in [3.05, 3.63) is 59.3 Å². The summed E-state index contributed by atoms with van der Waals surface area (Å²) in [5.74, 6) is -2.38. The van der Waals surface area contributed by atoms with Crippen LogP contribution in [0.5, 0.6) is 5.75 Å². The van der Waals surface area contributed by atoms with Gasteiger partial charge < -0.3 is 15.5 Å². The van der Waals surface area contributed by atoms with Gasteiger partial charge in [0.25, 0.3) is 0 Å². The lowest BCUT2D eigenvalue weighted by atomic mass is 9.66. The van der Waals surface area contributed by atoms with Crippen molar-refractivity contribution < 1.29 is 27.8 Å². The van der Waals surface area contributed by atoms with E-state index in [4.69, 9.17) is 0 Å². The van der Waals surface area contributed by atoms with Gasteiger partial charge >= 0.3 is 6.18 Å². The molecule has 0 amide bonds. The van der Waals surface area contributed by atoms with Gasteiger partial charge in [-0.05, 0) is 48.9 Å². The van der Waals surface area contributed by atoms with Crippen molar-refractivity contribution in [1.29, 1.82) is 0 Å². The topological polar surface area (TPSA) is 78.3 Å². The highest BCUT2D eigenvalue weighted by Gasteiger charge is 2.63. The van der Waals surface area contributed by atoms with Crippen LogP contribution in [0.25, 0.3) is 10.9 Å². The van der Waals surface area contributed by atoms with E-state index in [-0.39, 0.29) is 22.7 Å². The van der Waals surface area contributed by atoms with E-state index < -0.39 is 41.7 Å². The third-order valence-corrected chi connectivity index (χ3v) is 6.23. The predicted octanol–water partition coefficient (Wildman–Crippen LogP) is 5.37. The Morgan fingerprint density at radius 3 is 2.56 bits per heavy atom. The van der Waals surface area contributed by atoms with Crippen molar-refractivity contribution in [2.24, 2.45) is 5.92 Å². The monoisotopic (exact) mass is 449 g/mol. The fourth-order valence-electron chi connectivity index (χ4n) is 4.53. The van der Waals surface area contributed by atoms with E-state index in [0.29, 0.717) is 16.7 Å². The fraction of sp³-hybridized carbons (Fsp3) is 0.391. The molecule has 3 aromatic rings. The zero-order chi connectivity index (χ0) is 23.4. The molecular weight excluding hydrogens is 426 g/mol. The smallest absolute Gasteiger partial charge is 0.419 e. The molecule has 32 heavy (non-hydrogen) atoms. The highest BCUT2D eigenvalue weighted by Crippen LogP contribution is 2.56. The number of anilines is 1. The molecule has 5 nitrogen and oxygen atoms in total. The van der Waals surface area contributed by atoms with Crippen LogP contribution in [0.1, 0.15) is 49.2 Å². The summed E-state index contributed by atoms with van der Waals surface area (Å²) in [7, 11) is 0. The van der Waals surface area contributed by atoms with Crippen molar-refractivity contribution in [2.75, 3.05) is 5.32 Å². The van der Waals surface area contributed by atoms with Gasteiger partial charge in [-0.3, -0.25) is 0 Å². The second-order valence-corrected chi connectivity index (χ2v) is 8.61. The molecule has 9 heteroatoms. The normalized spacial score (nSPS) is 23.4. The van der Waals surface area contributed by atoms with Crippen molar-refractivity contribution in [2.45, 2.75) is 50.9 Å². The molecule has 1 heterocycles. The van der Waals surface area contributed by atoms with Crippen LogP contribution in [0.15, 0.2) is 36.5 Å². The van der Waals surface area contributed by atoms with Crippen LogP contribution in [0.4, 0.5) is 23.2 Å². The average Bonchev–Trinajstić information content (AvgIpc) is 2.71. The summed E-state index contributed by atoms with van der Waals surface area (Å²) in [6.45, 7) is 5.05. The highest BCUT2D eigenvalue weighted by molar-refractivity contribution is 5.91. The number of aromatic nitrogens is 2. The number of aryl methyl sites for hydroxylation is 1. The zero-order valence-electron chi connectivity index (χ0n) is 17.7. The Morgan fingerprint density at radius 1 is 1.19 bits per heavy atom. The first-order valence-electron chi connectivity index (χ1n) is 10.2. The molecule has 0 aliphatic heterocycles. The predicted molar refractivity (Wildman–Crippen MR) is 112 cm³/mol. The van der Waals surface area contributed by atoms with Crippen LogP contribution in [-0.2, 0) is 0 Å². The van der Waals surface area contributed by atoms with Gasteiger partial charge in [0.05, 0.1) is 11.6 Å². The van der Waals surface area contributed by atoms with Gasteiger partial charge in [-0.15, -0.1) is 0 Å². The molecule has 3 atom stereocenters. The number of aromatic hydroxyl groups is 1. The fourth-order valence-corrected chi connectivity index (χ4v) is 4.53. The molecular formula is C23H23F4N3O2. The van der Waals surface area contributed by atoms with Gasteiger partial charge in [0, 0.05) is 22.8 Å². The molecule has 1 unspecified atom stereocenters. The van der Waals surface area contributed by atoms with E-state index in [1.54, 1.807) is 39.0 Å². The average molecular weight is 449 g/mol. The Kier molecular flexibility index (Phi) is 5.27. The molecule has 0 bridgehead atoms. The summed E-state index contributed by atoms with van der Waals surface area (Å²) in [5.41, 5.74) is -2.27. The molecule has 170 valence electrons. The van der Waals surface area contributed by atoms with Gasteiger partial charge in [0.15, 0.2) is 17.2 Å². The first-order valence-corrected chi connectivity index (χ1v) is 10.2. The van der Waals surface area contributed by atoms with E-state index in [1.165, 1.54) is 12.3 Å². The maximum absolute atomic E-state index is 14.3. The molecule has 1 aliphatic carbocycles. The van der Waals surface area contributed by atoms with Gasteiger partial charge in [-0.1, -0.05) is 26.0 Å². The number of hydrogen-bond donors (Lipinski definition) is 3. The molecule has 4 rings (SSSR count). The number of rotatable bonds is 3. The molecule has 3 N–H and O–H groups in total. The number of hydrogen-bond acceptors (Lipinski definition) is 5. The van der Waals surface area contributed by atoms with Gasteiger partial charge in [0.2, 0.25) is 0 Å². The van der Waals surface area contributed by atoms with Crippen LogP contribution in [0, 0.1) is 18.7 Å². The van der Waals surface area contributed by atoms with Crippen molar-refractivity contribution in [1.82, 2.24) is 9.97 Å². The lowest BCUT2D eigenvalue weighted by Gasteiger charge is -2.47. The van der Waals surface area contributed by atoms with E-state index in [9.17, 15) is 27.8 Å². The van der Waals surface area contributed by atoms with E-state index in [2.05, 4.69) is 15.3 Å². The molecule has 0 saturated heterocycles. The maximum Gasteiger partial charge on any atom is 0.419 e. The second-order valence-electron chi connectivity index (χ2n) is 8.61. The molecule has 0 fully saturated rings. The summed E-state index contributed by atoms with van der Waals surface area (Å²) in [6.07, 6.45) is -4.22. The summed E-state index contributed by atoms with van der Waals surface area (Å²) in [4.78, 5) is 8.42. The number of halogens is 4. The van der Waals surface area contributed by atoms with Crippen molar-refractivity contribution in [3.63, 3.8) is 0 Å². The van der Waals surface area contributed by atoms with Crippen molar-refractivity contribution >= 4 is 16.6 Å².